The molecule has 1 unspecified atom stereocenters. The van der Waals surface area contributed by atoms with Gasteiger partial charge in [0.15, 0.2) is 0 Å². The van der Waals surface area contributed by atoms with E-state index in [-0.39, 0.29) is 5.91 Å². The Bertz CT molecular complexity index is 427. The lowest BCUT2D eigenvalue weighted by molar-refractivity contribution is -0.143. The molecule has 92 valence electrons. The Morgan fingerprint density at radius 2 is 1.88 bits per heavy atom. The number of hydrogen-bond acceptors (Lipinski definition) is 2. The average molecular weight is 244 g/mol. The van der Waals surface area contributed by atoms with Gasteiger partial charge >= 0.3 is 6.18 Å². The first-order valence-corrected chi connectivity index (χ1v) is 5.08. The number of benzene rings is 1. The number of alkyl halides is 3. The Labute approximate surface area is 96.0 Å². The van der Waals surface area contributed by atoms with Crippen molar-refractivity contribution in [3.05, 3.63) is 35.4 Å². The molecule has 0 spiro atoms. The summed E-state index contributed by atoms with van der Waals surface area (Å²) in [6.45, 7) is 0.768. The van der Waals surface area contributed by atoms with E-state index in [1.165, 1.54) is 17.0 Å². The first-order chi connectivity index (χ1) is 7.88. The number of carbonyl (C=O) groups is 1. The third-order valence-electron chi connectivity index (χ3n) is 2.70. The standard InChI is InChI=1S/C11H11F3N2O/c12-11(13,14)8-3-1-7(2-4-8)5-16-6-9(15)10(16)17/h1-4,9H,5-6,15H2. The van der Waals surface area contributed by atoms with Crippen LogP contribution in [0.2, 0.25) is 0 Å². The normalized spacial score (nSPS) is 20.4. The maximum atomic E-state index is 12.3. The number of amides is 1. The van der Waals surface area contributed by atoms with Gasteiger partial charge in [-0.1, -0.05) is 12.1 Å². The third-order valence-corrected chi connectivity index (χ3v) is 2.70. The summed E-state index contributed by atoms with van der Waals surface area (Å²) in [5.74, 6) is -0.162. The molecule has 1 aromatic rings. The molecule has 1 aliphatic rings. The number of halogens is 3. The molecule has 17 heavy (non-hydrogen) atoms. The highest BCUT2D eigenvalue weighted by Crippen LogP contribution is 2.29. The van der Waals surface area contributed by atoms with Gasteiger partial charge in [0, 0.05) is 13.1 Å². The Morgan fingerprint density at radius 3 is 2.29 bits per heavy atom. The Balaban J connectivity index is 2.02. The minimum absolute atomic E-state index is 0.162. The van der Waals surface area contributed by atoms with Crippen LogP contribution in [0.4, 0.5) is 13.2 Å². The number of hydrogen-bond donors (Lipinski definition) is 1. The average Bonchev–Trinajstić information content (AvgIpc) is 2.28. The molecule has 3 nitrogen and oxygen atoms in total. The number of likely N-dealkylation sites (tertiary alicyclic amines) is 1. The first kappa shape index (κ1) is 11.9. The van der Waals surface area contributed by atoms with Crippen molar-refractivity contribution in [2.75, 3.05) is 6.54 Å². The predicted octanol–water partition coefficient (Wildman–Crippen LogP) is 1.37. The zero-order chi connectivity index (χ0) is 12.6. The van der Waals surface area contributed by atoms with Crippen LogP contribution in [0.1, 0.15) is 11.1 Å². The van der Waals surface area contributed by atoms with Crippen molar-refractivity contribution in [3.63, 3.8) is 0 Å². The van der Waals surface area contributed by atoms with Crippen molar-refractivity contribution >= 4 is 5.91 Å². The van der Waals surface area contributed by atoms with Crippen molar-refractivity contribution in [1.82, 2.24) is 4.90 Å². The van der Waals surface area contributed by atoms with E-state index >= 15 is 0 Å². The highest BCUT2D eigenvalue weighted by molar-refractivity contribution is 5.87. The van der Waals surface area contributed by atoms with E-state index in [0.717, 1.165) is 12.1 Å². The van der Waals surface area contributed by atoms with E-state index < -0.39 is 17.8 Å². The van der Waals surface area contributed by atoms with Crippen molar-refractivity contribution in [2.24, 2.45) is 5.73 Å². The summed E-state index contributed by atoms with van der Waals surface area (Å²) in [5, 5.41) is 0. The van der Waals surface area contributed by atoms with E-state index in [2.05, 4.69) is 0 Å². The van der Waals surface area contributed by atoms with Gasteiger partial charge in [0.1, 0.15) is 6.04 Å². The fraction of sp³-hybridized carbons (Fsp3) is 0.364. The van der Waals surface area contributed by atoms with Gasteiger partial charge in [-0.2, -0.15) is 13.2 Å². The molecule has 2 N–H and O–H groups in total. The van der Waals surface area contributed by atoms with Crippen LogP contribution in [0, 0.1) is 0 Å². The summed E-state index contributed by atoms with van der Waals surface area (Å²) in [6, 6.07) is 4.32. The molecule has 1 aliphatic heterocycles. The molecule has 0 bridgehead atoms. The number of nitrogens with two attached hydrogens (primary N) is 1. The van der Waals surface area contributed by atoms with Gasteiger partial charge in [-0.15, -0.1) is 0 Å². The van der Waals surface area contributed by atoms with Crippen LogP contribution < -0.4 is 5.73 Å². The van der Waals surface area contributed by atoms with Crippen LogP contribution in [0.25, 0.3) is 0 Å². The van der Waals surface area contributed by atoms with Crippen LogP contribution in [0.5, 0.6) is 0 Å². The quantitative estimate of drug-likeness (QED) is 0.799. The van der Waals surface area contributed by atoms with Crippen LogP contribution >= 0.6 is 0 Å². The third kappa shape index (κ3) is 2.41. The van der Waals surface area contributed by atoms with E-state index in [4.69, 9.17) is 5.73 Å². The second-order valence-electron chi connectivity index (χ2n) is 4.02. The molecule has 1 saturated heterocycles. The smallest absolute Gasteiger partial charge is 0.335 e. The lowest BCUT2D eigenvalue weighted by Crippen LogP contribution is -2.60. The van der Waals surface area contributed by atoms with E-state index in [0.29, 0.717) is 18.7 Å². The Hall–Kier alpha value is -1.56. The van der Waals surface area contributed by atoms with Gasteiger partial charge in [0.2, 0.25) is 5.91 Å². The summed E-state index contributed by atoms with van der Waals surface area (Å²) in [6.07, 6.45) is -4.33. The second kappa shape index (κ2) is 4.03. The Kier molecular flexibility index (Phi) is 2.82. The van der Waals surface area contributed by atoms with Crippen molar-refractivity contribution < 1.29 is 18.0 Å². The van der Waals surface area contributed by atoms with E-state index in [1.807, 2.05) is 0 Å². The van der Waals surface area contributed by atoms with Crippen molar-refractivity contribution in [3.8, 4) is 0 Å². The van der Waals surface area contributed by atoms with Gasteiger partial charge in [0.25, 0.3) is 0 Å². The van der Waals surface area contributed by atoms with Crippen molar-refractivity contribution in [2.45, 2.75) is 18.8 Å². The molecule has 6 heteroatoms. The van der Waals surface area contributed by atoms with Gasteiger partial charge in [-0.3, -0.25) is 4.79 Å². The first-order valence-electron chi connectivity index (χ1n) is 5.08. The van der Waals surface area contributed by atoms with Crippen LogP contribution in [-0.4, -0.2) is 23.4 Å². The minimum atomic E-state index is -4.33. The van der Waals surface area contributed by atoms with Gasteiger partial charge in [-0.25, -0.2) is 0 Å². The van der Waals surface area contributed by atoms with Crippen LogP contribution in [-0.2, 0) is 17.5 Å². The molecule has 0 saturated carbocycles. The molecule has 0 aliphatic carbocycles. The summed E-state index contributed by atoms with van der Waals surface area (Å²) in [5.41, 5.74) is 5.39. The predicted molar refractivity (Wildman–Crippen MR) is 54.8 cm³/mol. The topological polar surface area (TPSA) is 46.3 Å². The van der Waals surface area contributed by atoms with E-state index in [9.17, 15) is 18.0 Å². The monoisotopic (exact) mass is 244 g/mol. The lowest BCUT2D eigenvalue weighted by atomic mass is 10.1. The summed E-state index contributed by atoms with van der Waals surface area (Å²) in [4.78, 5) is 12.7. The van der Waals surface area contributed by atoms with Crippen LogP contribution in [0.3, 0.4) is 0 Å². The maximum Gasteiger partial charge on any atom is 0.416 e. The molecule has 0 radical (unpaired) electrons. The SMILES string of the molecule is NC1CN(Cc2ccc(C(F)(F)F)cc2)C1=O. The number of nitrogens with zero attached hydrogens (tertiary/aromatic N) is 1. The zero-order valence-corrected chi connectivity index (χ0v) is 8.87. The molecule has 2 rings (SSSR count). The summed E-state index contributed by atoms with van der Waals surface area (Å²) >= 11 is 0. The molecule has 1 fully saturated rings. The molecule has 1 amide bonds. The van der Waals surface area contributed by atoms with Crippen LogP contribution in [0.15, 0.2) is 24.3 Å². The lowest BCUT2D eigenvalue weighted by Gasteiger charge is -2.36. The maximum absolute atomic E-state index is 12.3. The molecular formula is C11H11F3N2O. The largest absolute Gasteiger partial charge is 0.416 e. The van der Waals surface area contributed by atoms with Gasteiger partial charge in [-0.05, 0) is 17.7 Å². The number of rotatable bonds is 2. The number of carbonyl (C=O) groups excluding carboxylic acids is 1. The molecule has 1 atom stereocenters. The van der Waals surface area contributed by atoms with E-state index in [1.54, 1.807) is 0 Å². The fourth-order valence-corrected chi connectivity index (χ4v) is 1.69. The highest BCUT2D eigenvalue weighted by atomic mass is 19.4. The molecule has 1 heterocycles. The highest BCUT2D eigenvalue weighted by Gasteiger charge is 2.33. The number of β-lactam (4-membered cyclic amide) rings is 1. The Morgan fingerprint density at radius 1 is 1.29 bits per heavy atom. The molecular weight excluding hydrogens is 233 g/mol. The second-order valence-corrected chi connectivity index (χ2v) is 4.02. The van der Waals surface area contributed by atoms with Gasteiger partial charge < -0.3 is 10.6 Å². The summed E-state index contributed by atoms with van der Waals surface area (Å²) in [7, 11) is 0. The van der Waals surface area contributed by atoms with Crippen molar-refractivity contribution in [1.29, 1.82) is 0 Å². The molecule has 0 aromatic heterocycles. The fourth-order valence-electron chi connectivity index (χ4n) is 1.69. The summed E-state index contributed by atoms with van der Waals surface area (Å²) < 4.78 is 36.9. The molecule has 1 aromatic carbocycles. The van der Waals surface area contributed by atoms with Gasteiger partial charge in [0.05, 0.1) is 5.56 Å². The zero-order valence-electron chi connectivity index (χ0n) is 8.87. The minimum Gasteiger partial charge on any atom is -0.335 e.